The molecule has 4 nitrogen and oxygen atoms in total. The van der Waals surface area contributed by atoms with Crippen LogP contribution >= 0.6 is 11.3 Å². The SMILES string of the molecule is CC(C)(C)c1nnc(NCCc2ccc(CO)cc2)s1. The number of aliphatic hydroxyl groups excluding tert-OH is 1. The lowest BCUT2D eigenvalue weighted by molar-refractivity contribution is 0.282. The van der Waals surface area contributed by atoms with Crippen LogP contribution in [0.4, 0.5) is 5.13 Å². The summed E-state index contributed by atoms with van der Waals surface area (Å²) in [6.45, 7) is 7.34. The molecule has 1 heterocycles. The van der Waals surface area contributed by atoms with Gasteiger partial charge in [-0.15, -0.1) is 10.2 Å². The Morgan fingerprint density at radius 2 is 1.75 bits per heavy atom. The number of aliphatic hydroxyl groups is 1. The van der Waals surface area contributed by atoms with Gasteiger partial charge in [0.25, 0.3) is 0 Å². The van der Waals surface area contributed by atoms with Crippen LogP contribution < -0.4 is 5.32 Å². The maximum Gasteiger partial charge on any atom is 0.205 e. The first-order valence-electron chi connectivity index (χ1n) is 6.75. The molecule has 5 heteroatoms. The quantitative estimate of drug-likeness (QED) is 0.889. The summed E-state index contributed by atoms with van der Waals surface area (Å²) in [5, 5.41) is 22.6. The van der Waals surface area contributed by atoms with Crippen molar-refractivity contribution in [1.82, 2.24) is 10.2 Å². The van der Waals surface area contributed by atoms with Crippen molar-refractivity contribution in [3.05, 3.63) is 40.4 Å². The maximum atomic E-state index is 9.00. The van der Waals surface area contributed by atoms with E-state index in [1.165, 1.54) is 5.56 Å². The van der Waals surface area contributed by atoms with Crippen molar-refractivity contribution in [2.45, 2.75) is 39.2 Å². The van der Waals surface area contributed by atoms with Crippen molar-refractivity contribution in [2.24, 2.45) is 0 Å². The first-order chi connectivity index (χ1) is 9.49. The van der Waals surface area contributed by atoms with E-state index >= 15 is 0 Å². The molecule has 0 fully saturated rings. The fourth-order valence-corrected chi connectivity index (χ4v) is 2.55. The van der Waals surface area contributed by atoms with Gasteiger partial charge in [-0.3, -0.25) is 0 Å². The van der Waals surface area contributed by atoms with Crippen LogP contribution in [0.2, 0.25) is 0 Å². The van der Waals surface area contributed by atoms with Gasteiger partial charge in [0.05, 0.1) is 6.61 Å². The molecule has 1 aromatic heterocycles. The Kier molecular flexibility index (Phi) is 4.73. The summed E-state index contributed by atoms with van der Waals surface area (Å²) in [6.07, 6.45) is 0.927. The second-order valence-corrected chi connectivity index (χ2v) is 6.79. The molecule has 0 aliphatic heterocycles. The molecule has 20 heavy (non-hydrogen) atoms. The van der Waals surface area contributed by atoms with E-state index in [-0.39, 0.29) is 12.0 Å². The molecule has 0 atom stereocenters. The van der Waals surface area contributed by atoms with E-state index in [4.69, 9.17) is 5.11 Å². The third kappa shape index (κ3) is 4.02. The highest BCUT2D eigenvalue weighted by atomic mass is 32.1. The summed E-state index contributed by atoms with van der Waals surface area (Å²) in [5.74, 6) is 0. The largest absolute Gasteiger partial charge is 0.392 e. The van der Waals surface area contributed by atoms with E-state index in [0.717, 1.165) is 28.7 Å². The lowest BCUT2D eigenvalue weighted by Gasteiger charge is -2.12. The Morgan fingerprint density at radius 1 is 1.10 bits per heavy atom. The Labute approximate surface area is 123 Å². The Morgan fingerprint density at radius 3 is 2.30 bits per heavy atom. The highest BCUT2D eigenvalue weighted by Gasteiger charge is 2.19. The average molecular weight is 291 g/mol. The summed E-state index contributed by atoms with van der Waals surface area (Å²) >= 11 is 1.61. The van der Waals surface area contributed by atoms with Crippen molar-refractivity contribution in [1.29, 1.82) is 0 Å². The number of nitrogens with one attached hydrogen (secondary N) is 1. The van der Waals surface area contributed by atoms with E-state index < -0.39 is 0 Å². The molecular formula is C15H21N3OS. The lowest BCUT2D eigenvalue weighted by Crippen LogP contribution is -2.10. The van der Waals surface area contributed by atoms with Gasteiger partial charge in [0.2, 0.25) is 5.13 Å². The van der Waals surface area contributed by atoms with Gasteiger partial charge in [0.15, 0.2) is 0 Å². The standard InChI is InChI=1S/C15H21N3OS/c1-15(2,3)13-17-18-14(20-13)16-9-8-11-4-6-12(10-19)7-5-11/h4-7,19H,8-10H2,1-3H3,(H,16,18). The lowest BCUT2D eigenvalue weighted by atomic mass is 9.98. The summed E-state index contributed by atoms with van der Waals surface area (Å²) in [6, 6.07) is 8.01. The van der Waals surface area contributed by atoms with Crippen LogP contribution in [-0.2, 0) is 18.4 Å². The van der Waals surface area contributed by atoms with Gasteiger partial charge < -0.3 is 10.4 Å². The van der Waals surface area contributed by atoms with Gasteiger partial charge in [0.1, 0.15) is 5.01 Å². The molecular weight excluding hydrogens is 270 g/mol. The zero-order valence-electron chi connectivity index (χ0n) is 12.2. The molecule has 0 aliphatic carbocycles. The molecule has 0 aliphatic rings. The molecule has 0 saturated heterocycles. The fraction of sp³-hybridized carbons (Fsp3) is 0.467. The number of rotatable bonds is 5. The number of nitrogens with zero attached hydrogens (tertiary/aromatic N) is 2. The second-order valence-electron chi connectivity index (χ2n) is 5.81. The monoisotopic (exact) mass is 291 g/mol. The average Bonchev–Trinajstić information content (AvgIpc) is 2.88. The van der Waals surface area contributed by atoms with Crippen LogP contribution in [0.3, 0.4) is 0 Å². The van der Waals surface area contributed by atoms with E-state index in [1.807, 2.05) is 24.3 Å². The molecule has 0 radical (unpaired) electrons. The van der Waals surface area contributed by atoms with Crippen LogP contribution in [0.25, 0.3) is 0 Å². The zero-order chi connectivity index (χ0) is 14.6. The topological polar surface area (TPSA) is 58.0 Å². The number of hydrogen-bond acceptors (Lipinski definition) is 5. The summed E-state index contributed by atoms with van der Waals surface area (Å²) in [5.41, 5.74) is 2.24. The van der Waals surface area contributed by atoms with Crippen LogP contribution in [0.1, 0.15) is 36.9 Å². The smallest absolute Gasteiger partial charge is 0.205 e. The highest BCUT2D eigenvalue weighted by molar-refractivity contribution is 7.15. The van der Waals surface area contributed by atoms with Gasteiger partial charge in [-0.2, -0.15) is 0 Å². The zero-order valence-corrected chi connectivity index (χ0v) is 13.0. The number of anilines is 1. The van der Waals surface area contributed by atoms with Crippen molar-refractivity contribution < 1.29 is 5.11 Å². The van der Waals surface area contributed by atoms with Gasteiger partial charge >= 0.3 is 0 Å². The van der Waals surface area contributed by atoms with Crippen molar-refractivity contribution in [2.75, 3.05) is 11.9 Å². The highest BCUT2D eigenvalue weighted by Crippen LogP contribution is 2.27. The van der Waals surface area contributed by atoms with Crippen molar-refractivity contribution in [3.8, 4) is 0 Å². The Hall–Kier alpha value is -1.46. The first-order valence-corrected chi connectivity index (χ1v) is 7.57. The van der Waals surface area contributed by atoms with Gasteiger partial charge in [-0.1, -0.05) is 56.4 Å². The predicted molar refractivity (Wildman–Crippen MR) is 83.2 cm³/mol. The normalized spacial score (nSPS) is 11.6. The Bertz CT molecular complexity index is 543. The minimum absolute atomic E-state index is 0.0533. The van der Waals surface area contributed by atoms with E-state index in [1.54, 1.807) is 11.3 Å². The third-order valence-electron chi connectivity index (χ3n) is 2.96. The molecule has 0 bridgehead atoms. The van der Waals surface area contributed by atoms with E-state index in [2.05, 4.69) is 36.3 Å². The molecule has 2 aromatic rings. The third-order valence-corrected chi connectivity index (χ3v) is 4.27. The number of aromatic nitrogens is 2. The Balaban J connectivity index is 1.84. The first kappa shape index (κ1) is 14.9. The summed E-state index contributed by atoms with van der Waals surface area (Å²) in [4.78, 5) is 0. The molecule has 1 aromatic carbocycles. The van der Waals surface area contributed by atoms with Gasteiger partial charge in [-0.25, -0.2) is 0 Å². The van der Waals surface area contributed by atoms with Crippen LogP contribution in [-0.4, -0.2) is 21.8 Å². The van der Waals surface area contributed by atoms with Crippen LogP contribution in [0, 0.1) is 0 Å². The number of benzene rings is 1. The molecule has 108 valence electrons. The maximum absolute atomic E-state index is 9.00. The predicted octanol–water partition coefficient (Wildman–Crippen LogP) is 2.98. The molecule has 0 amide bonds. The van der Waals surface area contributed by atoms with Gasteiger partial charge in [-0.05, 0) is 17.5 Å². The molecule has 2 rings (SSSR count). The van der Waals surface area contributed by atoms with Crippen molar-refractivity contribution in [3.63, 3.8) is 0 Å². The second kappa shape index (κ2) is 6.33. The van der Waals surface area contributed by atoms with E-state index in [9.17, 15) is 0 Å². The van der Waals surface area contributed by atoms with E-state index in [0.29, 0.717) is 0 Å². The minimum atomic E-state index is 0.0533. The van der Waals surface area contributed by atoms with Crippen LogP contribution in [0.5, 0.6) is 0 Å². The minimum Gasteiger partial charge on any atom is -0.392 e. The number of hydrogen-bond donors (Lipinski definition) is 2. The summed E-state index contributed by atoms with van der Waals surface area (Å²) < 4.78 is 0. The van der Waals surface area contributed by atoms with Crippen molar-refractivity contribution >= 4 is 16.5 Å². The van der Waals surface area contributed by atoms with Gasteiger partial charge in [0, 0.05) is 12.0 Å². The molecule has 0 unspecified atom stereocenters. The fourth-order valence-electron chi connectivity index (χ4n) is 1.72. The molecule has 0 spiro atoms. The molecule has 0 saturated carbocycles. The molecule has 2 N–H and O–H groups in total. The van der Waals surface area contributed by atoms with Crippen LogP contribution in [0.15, 0.2) is 24.3 Å². The summed E-state index contributed by atoms with van der Waals surface area (Å²) in [7, 11) is 0.